The fourth-order valence-electron chi connectivity index (χ4n) is 1.44. The van der Waals surface area contributed by atoms with Crippen LogP contribution >= 0.6 is 0 Å². The first kappa shape index (κ1) is 17.3. The Morgan fingerprint density at radius 1 is 1.16 bits per heavy atom. The maximum Gasteiger partial charge on any atom is 0.245 e. The van der Waals surface area contributed by atoms with Crippen LogP contribution in [0.5, 0.6) is 0 Å². The number of rotatable bonds is 8. The Morgan fingerprint density at radius 2 is 1.74 bits per heavy atom. The highest BCUT2D eigenvalue weighted by atomic mass is 16.3. The summed E-state index contributed by atoms with van der Waals surface area (Å²) in [6.07, 6.45) is 0.379. The average molecular weight is 274 g/mol. The second kappa shape index (κ2) is 8.44. The molecule has 110 valence electrons. The number of hydrogen-bond donors (Lipinski definition) is 5. The summed E-state index contributed by atoms with van der Waals surface area (Å²) in [4.78, 5) is 34.0. The van der Waals surface area contributed by atoms with E-state index in [-0.39, 0.29) is 12.5 Å². The zero-order valence-corrected chi connectivity index (χ0v) is 11.2. The van der Waals surface area contributed by atoms with E-state index in [1.54, 1.807) is 0 Å². The smallest absolute Gasteiger partial charge is 0.245 e. The van der Waals surface area contributed by atoms with Crippen molar-refractivity contribution in [3.63, 3.8) is 0 Å². The first-order chi connectivity index (χ1) is 8.81. The predicted octanol–water partition coefficient (Wildman–Crippen LogP) is -2.56. The van der Waals surface area contributed by atoms with Crippen molar-refractivity contribution in [2.75, 3.05) is 13.2 Å². The van der Waals surface area contributed by atoms with Gasteiger partial charge in [0.05, 0.1) is 13.2 Å². The molecule has 0 heterocycles. The monoisotopic (exact) mass is 274 g/mol. The molecular weight excluding hydrogens is 252 g/mol. The number of amides is 3. The molecule has 3 amide bonds. The number of nitrogens with one attached hydrogen (secondary N) is 2. The number of carbonyl (C=O) groups excluding carboxylic acids is 3. The Hall–Kier alpha value is -1.67. The van der Waals surface area contributed by atoms with Crippen LogP contribution in [0.4, 0.5) is 0 Å². The summed E-state index contributed by atoms with van der Waals surface area (Å²) in [7, 11) is 0. The van der Waals surface area contributed by atoms with Crippen molar-refractivity contribution < 1.29 is 19.5 Å². The molecule has 0 aliphatic carbocycles. The van der Waals surface area contributed by atoms with Gasteiger partial charge in [-0.2, -0.15) is 0 Å². The van der Waals surface area contributed by atoms with E-state index in [1.165, 1.54) is 0 Å². The molecule has 0 saturated carbocycles. The molecular formula is C11H22N4O4. The molecule has 0 fully saturated rings. The minimum Gasteiger partial charge on any atom is -0.394 e. The van der Waals surface area contributed by atoms with Crippen LogP contribution in [0.3, 0.4) is 0 Å². The second-order valence-corrected chi connectivity index (χ2v) is 4.60. The molecule has 0 unspecified atom stereocenters. The Balaban J connectivity index is 4.59. The van der Waals surface area contributed by atoms with Gasteiger partial charge in [0.2, 0.25) is 17.7 Å². The molecule has 0 aromatic rings. The van der Waals surface area contributed by atoms with E-state index >= 15 is 0 Å². The molecule has 7 N–H and O–H groups in total. The van der Waals surface area contributed by atoms with Gasteiger partial charge in [-0.05, 0) is 12.3 Å². The fourth-order valence-corrected chi connectivity index (χ4v) is 1.44. The van der Waals surface area contributed by atoms with Crippen LogP contribution in [0.2, 0.25) is 0 Å². The third-order valence-corrected chi connectivity index (χ3v) is 2.39. The van der Waals surface area contributed by atoms with Crippen LogP contribution in [0.15, 0.2) is 0 Å². The van der Waals surface area contributed by atoms with Crippen LogP contribution in [-0.4, -0.2) is 48.1 Å². The number of hydrogen-bond acceptors (Lipinski definition) is 5. The molecule has 0 radical (unpaired) electrons. The Labute approximate surface area is 111 Å². The minimum atomic E-state index is -1.15. The van der Waals surface area contributed by atoms with Crippen molar-refractivity contribution in [2.24, 2.45) is 17.4 Å². The molecule has 0 aromatic carbocycles. The summed E-state index contributed by atoms with van der Waals surface area (Å²) in [5, 5.41) is 13.7. The standard InChI is InChI=1S/C11H22N4O4/c1-6(2)3-7(10(13)18)15-11(19)8(5-16)14-9(17)4-12/h6-8,16H,3-5,12H2,1-2H3,(H2,13,18)(H,14,17)(H,15,19)/t7-,8-/m1/s1. The van der Waals surface area contributed by atoms with E-state index in [2.05, 4.69) is 10.6 Å². The highest BCUT2D eigenvalue weighted by Gasteiger charge is 2.25. The van der Waals surface area contributed by atoms with E-state index < -0.39 is 36.4 Å². The second-order valence-electron chi connectivity index (χ2n) is 4.60. The van der Waals surface area contributed by atoms with E-state index in [1.807, 2.05) is 13.8 Å². The molecule has 2 atom stereocenters. The fraction of sp³-hybridized carbons (Fsp3) is 0.727. The van der Waals surface area contributed by atoms with Gasteiger partial charge in [0.1, 0.15) is 12.1 Å². The summed E-state index contributed by atoms with van der Waals surface area (Å²) in [5.74, 6) is -1.75. The van der Waals surface area contributed by atoms with Gasteiger partial charge >= 0.3 is 0 Å². The van der Waals surface area contributed by atoms with Crippen molar-refractivity contribution in [3.05, 3.63) is 0 Å². The van der Waals surface area contributed by atoms with Crippen LogP contribution in [0.1, 0.15) is 20.3 Å². The summed E-state index contributed by atoms with van der Waals surface area (Å²) >= 11 is 0. The van der Waals surface area contributed by atoms with E-state index in [9.17, 15) is 14.4 Å². The Kier molecular flexibility index (Phi) is 7.69. The average Bonchev–Trinajstić information content (AvgIpc) is 2.33. The van der Waals surface area contributed by atoms with Crippen molar-refractivity contribution in [2.45, 2.75) is 32.4 Å². The van der Waals surface area contributed by atoms with E-state index in [0.29, 0.717) is 6.42 Å². The molecule has 0 aliphatic heterocycles. The van der Waals surface area contributed by atoms with Gasteiger partial charge in [0.15, 0.2) is 0 Å². The third kappa shape index (κ3) is 6.73. The topological polar surface area (TPSA) is 148 Å². The first-order valence-corrected chi connectivity index (χ1v) is 6.01. The first-order valence-electron chi connectivity index (χ1n) is 6.01. The Bertz CT molecular complexity index is 333. The maximum atomic E-state index is 11.8. The molecule has 19 heavy (non-hydrogen) atoms. The highest BCUT2D eigenvalue weighted by Crippen LogP contribution is 2.04. The van der Waals surface area contributed by atoms with Gasteiger partial charge in [-0.15, -0.1) is 0 Å². The molecule has 0 aliphatic rings. The van der Waals surface area contributed by atoms with Crippen LogP contribution in [0, 0.1) is 5.92 Å². The lowest BCUT2D eigenvalue weighted by molar-refractivity contribution is -0.132. The largest absolute Gasteiger partial charge is 0.394 e. The highest BCUT2D eigenvalue weighted by molar-refractivity contribution is 5.91. The number of nitrogens with two attached hydrogens (primary N) is 2. The SMILES string of the molecule is CC(C)C[C@@H](NC(=O)[C@@H](CO)NC(=O)CN)C(N)=O. The molecule has 0 spiro atoms. The molecule has 0 bridgehead atoms. The third-order valence-electron chi connectivity index (χ3n) is 2.39. The van der Waals surface area contributed by atoms with E-state index in [4.69, 9.17) is 16.6 Å². The Morgan fingerprint density at radius 3 is 2.11 bits per heavy atom. The van der Waals surface area contributed by atoms with Gasteiger partial charge in [0, 0.05) is 0 Å². The zero-order chi connectivity index (χ0) is 15.0. The number of carbonyl (C=O) groups is 3. The minimum absolute atomic E-state index is 0.156. The lowest BCUT2D eigenvalue weighted by atomic mass is 10.0. The summed E-state index contributed by atoms with van der Waals surface area (Å²) in [6.45, 7) is 2.86. The quantitative estimate of drug-likeness (QED) is 0.330. The van der Waals surface area contributed by atoms with Gasteiger partial charge < -0.3 is 27.2 Å². The molecule has 8 nitrogen and oxygen atoms in total. The van der Waals surface area contributed by atoms with Crippen LogP contribution in [-0.2, 0) is 14.4 Å². The number of aliphatic hydroxyl groups excluding tert-OH is 1. The van der Waals surface area contributed by atoms with Crippen molar-refractivity contribution in [1.29, 1.82) is 0 Å². The molecule has 0 rings (SSSR count). The van der Waals surface area contributed by atoms with Crippen LogP contribution in [0.25, 0.3) is 0 Å². The van der Waals surface area contributed by atoms with Gasteiger partial charge in [-0.25, -0.2) is 0 Å². The summed E-state index contributed by atoms with van der Waals surface area (Å²) in [6, 6.07) is -1.98. The van der Waals surface area contributed by atoms with Crippen molar-refractivity contribution in [1.82, 2.24) is 10.6 Å². The molecule has 0 saturated heterocycles. The van der Waals surface area contributed by atoms with Crippen molar-refractivity contribution >= 4 is 17.7 Å². The zero-order valence-electron chi connectivity index (χ0n) is 11.2. The lowest BCUT2D eigenvalue weighted by Crippen LogP contribution is -2.55. The summed E-state index contributed by atoms with van der Waals surface area (Å²) in [5.41, 5.74) is 10.3. The van der Waals surface area contributed by atoms with Gasteiger partial charge in [-0.3, -0.25) is 14.4 Å². The maximum absolute atomic E-state index is 11.8. The summed E-state index contributed by atoms with van der Waals surface area (Å²) < 4.78 is 0. The van der Waals surface area contributed by atoms with Gasteiger partial charge in [0.25, 0.3) is 0 Å². The van der Waals surface area contributed by atoms with Crippen LogP contribution < -0.4 is 22.1 Å². The molecule has 0 aromatic heterocycles. The van der Waals surface area contributed by atoms with E-state index in [0.717, 1.165) is 0 Å². The number of primary amides is 1. The number of aliphatic hydroxyl groups is 1. The molecule has 8 heteroatoms. The lowest BCUT2D eigenvalue weighted by Gasteiger charge is -2.21. The normalized spacial score (nSPS) is 13.7. The van der Waals surface area contributed by atoms with Gasteiger partial charge in [-0.1, -0.05) is 13.8 Å². The predicted molar refractivity (Wildman–Crippen MR) is 68.7 cm³/mol. The van der Waals surface area contributed by atoms with Crippen molar-refractivity contribution in [3.8, 4) is 0 Å².